The van der Waals surface area contributed by atoms with E-state index in [2.05, 4.69) is 15.5 Å². The molecule has 6 rings (SSSR count). The molecule has 1 N–H and O–H groups in total. The van der Waals surface area contributed by atoms with Crippen LogP contribution in [0.1, 0.15) is 35.9 Å². The summed E-state index contributed by atoms with van der Waals surface area (Å²) in [5, 5.41) is 12.7. The molecule has 1 aliphatic rings. The Kier molecular flexibility index (Phi) is 5.79. The van der Waals surface area contributed by atoms with Crippen LogP contribution in [0.3, 0.4) is 0 Å². The third kappa shape index (κ3) is 4.16. The Bertz CT molecular complexity index is 1690. The van der Waals surface area contributed by atoms with Gasteiger partial charge in [0.2, 0.25) is 5.91 Å². The minimum Gasteiger partial charge on any atom is -0.344 e. The first-order valence-electron chi connectivity index (χ1n) is 12.7. The average Bonchev–Trinajstić information content (AvgIpc) is 3.61. The summed E-state index contributed by atoms with van der Waals surface area (Å²) in [6.45, 7) is 3.72. The van der Waals surface area contributed by atoms with Crippen LogP contribution in [-0.4, -0.2) is 37.4 Å². The van der Waals surface area contributed by atoms with E-state index >= 15 is 0 Å². The van der Waals surface area contributed by atoms with Crippen molar-refractivity contribution in [2.75, 3.05) is 4.90 Å². The zero-order valence-electron chi connectivity index (χ0n) is 21.7. The van der Waals surface area contributed by atoms with Gasteiger partial charge in [0.05, 0.1) is 34.9 Å². The van der Waals surface area contributed by atoms with Gasteiger partial charge in [0.15, 0.2) is 0 Å². The Morgan fingerprint density at radius 1 is 0.974 bits per heavy atom. The normalized spacial score (nSPS) is 18.6. The summed E-state index contributed by atoms with van der Waals surface area (Å²) in [6, 6.07) is 22.2. The van der Waals surface area contributed by atoms with E-state index in [-0.39, 0.29) is 17.6 Å². The number of halogens is 1. The fraction of sp³-hybridized carbons (Fsp3) is 0.200. The van der Waals surface area contributed by atoms with E-state index in [4.69, 9.17) is 0 Å². The summed E-state index contributed by atoms with van der Waals surface area (Å²) in [4.78, 5) is 29.0. The highest BCUT2D eigenvalue weighted by molar-refractivity contribution is 6.04. The van der Waals surface area contributed by atoms with Crippen LogP contribution in [-0.2, 0) is 11.8 Å². The highest BCUT2D eigenvalue weighted by Crippen LogP contribution is 2.47. The maximum absolute atomic E-state index is 14.0. The molecule has 9 heteroatoms. The van der Waals surface area contributed by atoms with Crippen molar-refractivity contribution in [2.45, 2.75) is 25.9 Å². The van der Waals surface area contributed by atoms with Gasteiger partial charge >= 0.3 is 0 Å². The van der Waals surface area contributed by atoms with E-state index in [1.807, 2.05) is 62.4 Å². The number of hydrogen-bond acceptors (Lipinski definition) is 4. The Hall–Kier alpha value is -4.79. The number of carbonyl (C=O) groups is 2. The molecule has 39 heavy (non-hydrogen) atoms. The van der Waals surface area contributed by atoms with Crippen molar-refractivity contribution < 1.29 is 14.0 Å². The lowest BCUT2D eigenvalue weighted by Gasteiger charge is -2.30. The summed E-state index contributed by atoms with van der Waals surface area (Å²) in [7, 11) is 1.75. The molecule has 0 unspecified atom stereocenters. The first-order valence-corrected chi connectivity index (χ1v) is 12.7. The number of aryl methyl sites for hydroxylation is 1. The summed E-state index contributed by atoms with van der Waals surface area (Å²) < 4.78 is 16.8. The van der Waals surface area contributed by atoms with Crippen molar-refractivity contribution in [1.82, 2.24) is 24.9 Å². The molecule has 3 aromatic carbocycles. The van der Waals surface area contributed by atoms with E-state index in [0.29, 0.717) is 11.4 Å². The van der Waals surface area contributed by atoms with Crippen LogP contribution in [0.2, 0.25) is 0 Å². The van der Waals surface area contributed by atoms with Crippen molar-refractivity contribution >= 4 is 28.4 Å². The first kappa shape index (κ1) is 24.5. The number of carbonyl (C=O) groups excluding carboxylic acids is 2. The third-order valence-corrected chi connectivity index (χ3v) is 7.42. The molecule has 5 aromatic rings. The van der Waals surface area contributed by atoms with Crippen molar-refractivity contribution in [3.05, 3.63) is 108 Å². The average molecular weight is 523 g/mol. The minimum absolute atomic E-state index is 0.104. The molecule has 0 spiro atoms. The van der Waals surface area contributed by atoms with Crippen molar-refractivity contribution in [1.29, 1.82) is 0 Å². The molecular weight excluding hydrogens is 495 g/mol. The number of nitrogens with one attached hydrogen (secondary N) is 1. The smallest absolute Gasteiger partial charge is 0.272 e. The van der Waals surface area contributed by atoms with Gasteiger partial charge in [0.1, 0.15) is 11.5 Å². The molecule has 1 fully saturated rings. The molecule has 2 atom stereocenters. The molecule has 8 nitrogen and oxygen atoms in total. The summed E-state index contributed by atoms with van der Waals surface area (Å²) in [5.41, 5.74) is 2.55. The standard InChI is InChI=1S/C30H27FN6O2/c1-30(2)27(33-28(38)24-15-16-35(3)34-24)26(19-7-5-4-6-8-19)36(29(30)39)23-13-14-25-20(17-23)18-32-37(25)22-11-9-21(31)10-12-22/h4-18,26-27H,1-3H3,(H,33,38)/t26-,27-/m1/s1. The largest absolute Gasteiger partial charge is 0.344 e. The number of nitrogens with zero attached hydrogens (tertiary/aromatic N) is 5. The van der Waals surface area contributed by atoms with Crippen molar-refractivity contribution in [3.8, 4) is 5.69 Å². The van der Waals surface area contributed by atoms with Crippen LogP contribution in [0.25, 0.3) is 16.6 Å². The van der Waals surface area contributed by atoms with E-state index in [1.165, 1.54) is 12.1 Å². The van der Waals surface area contributed by atoms with Gasteiger partial charge in [-0.1, -0.05) is 30.3 Å². The van der Waals surface area contributed by atoms with E-state index in [1.54, 1.807) is 51.9 Å². The van der Waals surface area contributed by atoms with Gasteiger partial charge in [-0.25, -0.2) is 9.07 Å². The molecule has 2 aromatic heterocycles. The second-order valence-corrected chi connectivity index (χ2v) is 10.4. The van der Waals surface area contributed by atoms with E-state index in [0.717, 1.165) is 22.2 Å². The van der Waals surface area contributed by atoms with Gasteiger partial charge in [0.25, 0.3) is 5.91 Å². The quantitative estimate of drug-likeness (QED) is 0.359. The minimum atomic E-state index is -0.905. The SMILES string of the molecule is Cn1ccc(C(=O)N[C@@H]2[C@@H](c3ccccc3)N(c3ccc4c(cnn4-c4ccc(F)cc4)c3)C(=O)C2(C)C)n1. The van der Waals surface area contributed by atoms with Gasteiger partial charge in [-0.2, -0.15) is 10.2 Å². The molecule has 2 amide bonds. The molecule has 3 heterocycles. The Morgan fingerprint density at radius 3 is 2.38 bits per heavy atom. The highest BCUT2D eigenvalue weighted by Gasteiger charge is 2.55. The highest BCUT2D eigenvalue weighted by atomic mass is 19.1. The van der Waals surface area contributed by atoms with Gasteiger partial charge in [0, 0.05) is 24.3 Å². The molecule has 1 aliphatic heterocycles. The van der Waals surface area contributed by atoms with Gasteiger partial charge in [-0.05, 0) is 67.9 Å². The van der Waals surface area contributed by atoms with Crippen LogP contribution in [0, 0.1) is 11.2 Å². The zero-order chi connectivity index (χ0) is 27.3. The Balaban J connectivity index is 1.42. The molecule has 0 aliphatic carbocycles. The number of hydrogen-bond donors (Lipinski definition) is 1. The lowest BCUT2D eigenvalue weighted by molar-refractivity contribution is -0.124. The van der Waals surface area contributed by atoms with Crippen LogP contribution in [0.5, 0.6) is 0 Å². The second-order valence-electron chi connectivity index (χ2n) is 10.4. The van der Waals surface area contributed by atoms with Crippen molar-refractivity contribution in [2.24, 2.45) is 12.5 Å². The number of benzene rings is 3. The monoisotopic (exact) mass is 522 g/mol. The number of fused-ring (bicyclic) bond motifs is 1. The maximum atomic E-state index is 14.0. The molecular formula is C30H27FN6O2. The third-order valence-electron chi connectivity index (χ3n) is 7.42. The summed E-state index contributed by atoms with van der Waals surface area (Å²) in [5.74, 6) is -0.752. The predicted octanol–water partition coefficient (Wildman–Crippen LogP) is 4.81. The van der Waals surface area contributed by atoms with E-state index < -0.39 is 17.5 Å². The number of aromatic nitrogens is 4. The summed E-state index contributed by atoms with van der Waals surface area (Å²) >= 11 is 0. The lowest BCUT2D eigenvalue weighted by Crippen LogP contribution is -2.46. The molecule has 0 bridgehead atoms. The van der Waals surface area contributed by atoms with Crippen LogP contribution >= 0.6 is 0 Å². The topological polar surface area (TPSA) is 85.0 Å². The van der Waals surface area contributed by atoms with Gasteiger partial charge in [-0.3, -0.25) is 14.3 Å². The van der Waals surface area contributed by atoms with Crippen molar-refractivity contribution in [3.63, 3.8) is 0 Å². The number of amides is 2. The van der Waals surface area contributed by atoms with Gasteiger partial charge in [-0.15, -0.1) is 0 Å². The predicted molar refractivity (Wildman–Crippen MR) is 146 cm³/mol. The second kappa shape index (κ2) is 9.20. The van der Waals surface area contributed by atoms with E-state index in [9.17, 15) is 14.0 Å². The Morgan fingerprint density at radius 2 is 1.69 bits per heavy atom. The molecule has 196 valence electrons. The van der Waals surface area contributed by atoms with Crippen LogP contribution in [0.4, 0.5) is 10.1 Å². The zero-order valence-corrected chi connectivity index (χ0v) is 21.7. The van der Waals surface area contributed by atoms with Crippen LogP contribution < -0.4 is 10.2 Å². The number of anilines is 1. The molecule has 0 radical (unpaired) electrons. The lowest BCUT2D eigenvalue weighted by atomic mass is 9.82. The summed E-state index contributed by atoms with van der Waals surface area (Å²) in [6.07, 6.45) is 3.44. The van der Waals surface area contributed by atoms with Gasteiger partial charge < -0.3 is 10.2 Å². The maximum Gasteiger partial charge on any atom is 0.272 e. The van der Waals surface area contributed by atoms with Crippen LogP contribution in [0.15, 0.2) is 91.3 Å². The first-order chi connectivity index (χ1) is 18.7. The number of rotatable bonds is 5. The molecule has 0 saturated carbocycles. The fourth-order valence-electron chi connectivity index (χ4n) is 5.35. The molecule has 1 saturated heterocycles. The Labute approximate surface area is 224 Å². The fourth-order valence-corrected chi connectivity index (χ4v) is 5.35.